The molecule has 1 amide bonds. The Bertz CT molecular complexity index is 594. The maximum Gasteiger partial charge on any atom is 0.233 e. The summed E-state index contributed by atoms with van der Waals surface area (Å²) in [6, 6.07) is 1.78. The third kappa shape index (κ3) is 2.00. The minimum Gasteiger partial charge on any atom is -0.308 e. The second-order valence-corrected chi connectivity index (χ2v) is 6.73. The van der Waals surface area contributed by atoms with Gasteiger partial charge in [0.15, 0.2) is 0 Å². The first-order valence-electron chi connectivity index (χ1n) is 6.62. The van der Waals surface area contributed by atoms with Gasteiger partial charge in [-0.15, -0.1) is 0 Å². The number of carbonyl (C=O) groups excluding carboxylic acids is 1. The van der Waals surface area contributed by atoms with E-state index in [0.717, 1.165) is 5.70 Å². The Hall–Kier alpha value is -1.49. The molecule has 0 saturated carbocycles. The van der Waals surface area contributed by atoms with E-state index in [1.807, 2.05) is 30.9 Å². The fourth-order valence-electron chi connectivity index (χ4n) is 2.98. The van der Waals surface area contributed by atoms with Gasteiger partial charge in [-0.1, -0.05) is 41.9 Å². The van der Waals surface area contributed by atoms with Crippen molar-refractivity contribution in [2.45, 2.75) is 25.2 Å². The summed E-state index contributed by atoms with van der Waals surface area (Å²) in [6.07, 6.45) is 9.52. The van der Waals surface area contributed by atoms with E-state index >= 15 is 0 Å². The number of carbonyl (C=O) groups is 1. The molecule has 2 aliphatic rings. The summed E-state index contributed by atoms with van der Waals surface area (Å²) in [5, 5.41) is 0. The molecule has 5 heteroatoms. The van der Waals surface area contributed by atoms with Crippen molar-refractivity contribution in [3.05, 3.63) is 48.2 Å². The Morgan fingerprint density at radius 1 is 1.35 bits per heavy atom. The number of likely N-dealkylation sites (tertiary alicyclic amines) is 1. The third-order valence-corrected chi connectivity index (χ3v) is 4.84. The highest BCUT2D eigenvalue weighted by Crippen LogP contribution is 2.49. The standard InChI is InChI=1S/C15H16BrN3O/c1-15(2)13-10(16)5-3-6-11(13)19(14(15)20)9-12-17-7-4-8-18-12/h3-8,10,13H,9H2,1-2H3. The minimum absolute atomic E-state index is 0.134. The summed E-state index contributed by atoms with van der Waals surface area (Å²) in [5.41, 5.74) is 0.635. The molecular weight excluding hydrogens is 318 g/mol. The average molecular weight is 334 g/mol. The number of aromatic nitrogens is 2. The Balaban J connectivity index is 1.97. The molecule has 0 bridgehead atoms. The molecule has 1 aromatic rings. The zero-order chi connectivity index (χ0) is 14.3. The van der Waals surface area contributed by atoms with Crippen LogP contribution in [0.15, 0.2) is 42.4 Å². The highest BCUT2D eigenvalue weighted by molar-refractivity contribution is 9.09. The van der Waals surface area contributed by atoms with E-state index in [1.165, 1.54) is 0 Å². The molecule has 0 spiro atoms. The zero-order valence-corrected chi connectivity index (χ0v) is 13.0. The lowest BCUT2D eigenvalue weighted by atomic mass is 9.77. The van der Waals surface area contributed by atoms with Gasteiger partial charge in [0.25, 0.3) is 0 Å². The van der Waals surface area contributed by atoms with Crippen molar-refractivity contribution < 1.29 is 4.79 Å². The van der Waals surface area contributed by atoms with Crippen LogP contribution in [0.5, 0.6) is 0 Å². The highest BCUT2D eigenvalue weighted by Gasteiger charge is 2.53. The Morgan fingerprint density at radius 3 is 2.75 bits per heavy atom. The maximum absolute atomic E-state index is 12.7. The van der Waals surface area contributed by atoms with Gasteiger partial charge in [0, 0.05) is 28.8 Å². The number of nitrogens with zero attached hydrogens (tertiary/aromatic N) is 3. The molecule has 1 saturated heterocycles. The zero-order valence-electron chi connectivity index (χ0n) is 11.5. The van der Waals surface area contributed by atoms with Gasteiger partial charge in [0.1, 0.15) is 5.82 Å². The average Bonchev–Trinajstić information content (AvgIpc) is 2.62. The van der Waals surface area contributed by atoms with E-state index in [1.54, 1.807) is 18.5 Å². The van der Waals surface area contributed by atoms with Crippen molar-refractivity contribution in [3.63, 3.8) is 0 Å². The Morgan fingerprint density at radius 2 is 2.05 bits per heavy atom. The molecule has 3 rings (SSSR count). The predicted octanol–water partition coefficient (Wildman–Crippen LogP) is 2.68. The molecule has 1 aliphatic carbocycles. The largest absolute Gasteiger partial charge is 0.308 e. The van der Waals surface area contributed by atoms with Crippen LogP contribution in [0.4, 0.5) is 0 Å². The SMILES string of the molecule is CC1(C)C(=O)N(Cc2ncccn2)C2=CC=CC(Br)C21. The molecule has 2 atom stereocenters. The van der Waals surface area contributed by atoms with E-state index in [-0.39, 0.29) is 16.7 Å². The van der Waals surface area contributed by atoms with Crippen LogP contribution in [-0.4, -0.2) is 25.6 Å². The number of alkyl halides is 1. The van der Waals surface area contributed by atoms with Gasteiger partial charge in [-0.25, -0.2) is 9.97 Å². The first-order valence-corrected chi connectivity index (χ1v) is 7.53. The monoisotopic (exact) mass is 333 g/mol. The molecule has 20 heavy (non-hydrogen) atoms. The molecule has 104 valence electrons. The first-order chi connectivity index (χ1) is 9.51. The van der Waals surface area contributed by atoms with Crippen LogP contribution in [-0.2, 0) is 11.3 Å². The van der Waals surface area contributed by atoms with E-state index in [4.69, 9.17) is 0 Å². The van der Waals surface area contributed by atoms with Crippen LogP contribution in [0.1, 0.15) is 19.7 Å². The number of amides is 1. The van der Waals surface area contributed by atoms with Crippen LogP contribution in [0.25, 0.3) is 0 Å². The van der Waals surface area contributed by atoms with Gasteiger partial charge in [-0.2, -0.15) is 0 Å². The van der Waals surface area contributed by atoms with E-state index in [2.05, 4.69) is 32.0 Å². The van der Waals surface area contributed by atoms with E-state index < -0.39 is 5.41 Å². The summed E-state index contributed by atoms with van der Waals surface area (Å²) < 4.78 is 0. The molecular formula is C15H16BrN3O. The molecule has 2 unspecified atom stereocenters. The van der Waals surface area contributed by atoms with Gasteiger partial charge < -0.3 is 4.90 Å². The fourth-order valence-corrected chi connectivity index (χ4v) is 4.09. The van der Waals surface area contributed by atoms with Crippen molar-refractivity contribution in [1.82, 2.24) is 14.9 Å². The van der Waals surface area contributed by atoms with E-state index in [0.29, 0.717) is 12.4 Å². The van der Waals surface area contributed by atoms with Crippen molar-refractivity contribution in [3.8, 4) is 0 Å². The third-order valence-electron chi connectivity index (χ3n) is 4.00. The van der Waals surface area contributed by atoms with Crippen LogP contribution < -0.4 is 0 Å². The molecule has 0 N–H and O–H groups in total. The topological polar surface area (TPSA) is 46.1 Å². The van der Waals surface area contributed by atoms with Crippen LogP contribution in [0.2, 0.25) is 0 Å². The van der Waals surface area contributed by atoms with Crippen molar-refractivity contribution in [2.24, 2.45) is 11.3 Å². The predicted molar refractivity (Wildman–Crippen MR) is 79.8 cm³/mol. The van der Waals surface area contributed by atoms with Crippen LogP contribution in [0.3, 0.4) is 0 Å². The maximum atomic E-state index is 12.7. The molecule has 1 aromatic heterocycles. The number of hydrogen-bond acceptors (Lipinski definition) is 3. The summed E-state index contributed by atoms with van der Waals surface area (Å²) in [4.78, 5) is 23.2. The Labute approximate surface area is 126 Å². The quantitative estimate of drug-likeness (QED) is 0.781. The molecule has 4 nitrogen and oxygen atoms in total. The second-order valence-electron chi connectivity index (χ2n) is 5.68. The number of hydrogen-bond donors (Lipinski definition) is 0. The van der Waals surface area contributed by atoms with Crippen molar-refractivity contribution in [2.75, 3.05) is 0 Å². The van der Waals surface area contributed by atoms with Gasteiger partial charge in [-0.05, 0) is 12.1 Å². The van der Waals surface area contributed by atoms with Gasteiger partial charge >= 0.3 is 0 Å². The Kier molecular flexibility index (Phi) is 3.24. The number of halogens is 1. The first kappa shape index (κ1) is 13.5. The summed E-state index contributed by atoms with van der Waals surface area (Å²) >= 11 is 3.67. The molecule has 0 radical (unpaired) electrons. The van der Waals surface area contributed by atoms with Gasteiger partial charge in [0.05, 0.1) is 12.0 Å². The second kappa shape index (κ2) is 4.81. The molecule has 0 aromatic carbocycles. The van der Waals surface area contributed by atoms with Gasteiger partial charge in [0.2, 0.25) is 5.91 Å². The molecule has 1 fully saturated rings. The normalized spacial score (nSPS) is 27.4. The fraction of sp³-hybridized carbons (Fsp3) is 0.400. The minimum atomic E-state index is -0.417. The van der Waals surface area contributed by atoms with Crippen LogP contribution in [0, 0.1) is 11.3 Å². The molecule has 2 heterocycles. The number of rotatable bonds is 2. The van der Waals surface area contributed by atoms with Crippen molar-refractivity contribution >= 4 is 21.8 Å². The van der Waals surface area contributed by atoms with Crippen molar-refractivity contribution in [1.29, 1.82) is 0 Å². The lowest BCUT2D eigenvalue weighted by Crippen LogP contribution is -2.33. The smallest absolute Gasteiger partial charge is 0.233 e. The lowest BCUT2D eigenvalue weighted by molar-refractivity contribution is -0.135. The summed E-state index contributed by atoms with van der Waals surface area (Å²) in [6.45, 7) is 4.44. The highest BCUT2D eigenvalue weighted by atomic mass is 79.9. The number of fused-ring (bicyclic) bond motifs is 1. The summed E-state index contributed by atoms with van der Waals surface area (Å²) in [7, 11) is 0. The van der Waals surface area contributed by atoms with E-state index in [9.17, 15) is 4.79 Å². The van der Waals surface area contributed by atoms with Crippen LogP contribution >= 0.6 is 15.9 Å². The number of allylic oxidation sites excluding steroid dienone is 4. The summed E-state index contributed by atoms with van der Waals surface area (Å²) in [5.74, 6) is 0.956. The van der Waals surface area contributed by atoms with Gasteiger partial charge in [-0.3, -0.25) is 4.79 Å². The lowest BCUT2D eigenvalue weighted by Gasteiger charge is -2.28. The molecule has 1 aliphatic heterocycles.